The zero-order valence-electron chi connectivity index (χ0n) is 17.4. The fraction of sp³-hybridized carbons (Fsp3) is 0.318. The molecule has 3 aromatic rings. The number of benzene rings is 2. The van der Waals surface area contributed by atoms with Gasteiger partial charge in [-0.1, -0.05) is 33.6 Å². The second kappa shape index (κ2) is 9.32. The van der Waals surface area contributed by atoms with Crippen LogP contribution in [0.3, 0.4) is 0 Å². The van der Waals surface area contributed by atoms with Gasteiger partial charge in [-0.15, -0.1) is 0 Å². The smallest absolute Gasteiger partial charge is 0.212 e. The number of nitrogens with one attached hydrogen (secondary N) is 1. The van der Waals surface area contributed by atoms with Gasteiger partial charge in [-0.3, -0.25) is 4.79 Å². The highest BCUT2D eigenvalue weighted by molar-refractivity contribution is 9.10. The summed E-state index contributed by atoms with van der Waals surface area (Å²) in [4.78, 5) is 12.5. The first-order valence-corrected chi connectivity index (χ1v) is 12.4. The van der Waals surface area contributed by atoms with Crippen LogP contribution in [0, 0.1) is 0 Å². The van der Waals surface area contributed by atoms with E-state index < -0.39 is 15.6 Å². The van der Waals surface area contributed by atoms with Gasteiger partial charge in [0.05, 0.1) is 28.3 Å². The second-order valence-corrected chi connectivity index (χ2v) is 11.3. The van der Waals surface area contributed by atoms with E-state index in [1.165, 1.54) is 6.07 Å². The second-order valence-electron chi connectivity index (χ2n) is 8.10. The SMILES string of the molecule is CC(C)(C)NS(=O)(=O)CCCOc1cc(Br)ccc1-c1cc(=O)c2cccc(Cl)c2o1. The van der Waals surface area contributed by atoms with Crippen LogP contribution in [-0.2, 0) is 10.0 Å². The molecule has 0 saturated carbocycles. The van der Waals surface area contributed by atoms with E-state index in [1.54, 1.807) is 57.2 Å². The zero-order valence-corrected chi connectivity index (χ0v) is 20.5. The lowest BCUT2D eigenvalue weighted by Crippen LogP contribution is -2.41. The van der Waals surface area contributed by atoms with Crippen LogP contribution >= 0.6 is 27.5 Å². The third-order valence-electron chi connectivity index (χ3n) is 4.19. The Hall–Kier alpha value is -1.87. The lowest BCUT2D eigenvalue weighted by molar-refractivity contribution is 0.317. The summed E-state index contributed by atoms with van der Waals surface area (Å²) in [7, 11) is -3.41. The molecule has 0 radical (unpaired) electrons. The number of fused-ring (bicyclic) bond motifs is 1. The molecule has 2 aromatic carbocycles. The molecule has 0 saturated heterocycles. The number of halogens is 2. The maximum atomic E-state index is 12.5. The van der Waals surface area contributed by atoms with E-state index in [4.69, 9.17) is 20.8 Å². The van der Waals surface area contributed by atoms with Gasteiger partial charge >= 0.3 is 0 Å². The lowest BCUT2D eigenvalue weighted by atomic mass is 10.1. The molecule has 0 fully saturated rings. The van der Waals surface area contributed by atoms with E-state index in [0.29, 0.717) is 39.5 Å². The summed E-state index contributed by atoms with van der Waals surface area (Å²) in [5.74, 6) is 0.717. The molecule has 9 heteroatoms. The molecule has 0 aliphatic carbocycles. The fourth-order valence-electron chi connectivity index (χ4n) is 3.04. The van der Waals surface area contributed by atoms with Crippen LogP contribution in [0.5, 0.6) is 5.75 Å². The molecule has 0 spiro atoms. The summed E-state index contributed by atoms with van der Waals surface area (Å²) in [6.45, 7) is 5.54. The Morgan fingerprint density at radius 2 is 1.90 bits per heavy atom. The summed E-state index contributed by atoms with van der Waals surface area (Å²) < 4.78 is 39.5. The number of rotatable bonds is 7. The fourth-order valence-corrected chi connectivity index (χ4v) is 5.13. The summed E-state index contributed by atoms with van der Waals surface area (Å²) in [5.41, 5.74) is 0.121. The van der Waals surface area contributed by atoms with Crippen LogP contribution < -0.4 is 14.9 Å². The first-order valence-electron chi connectivity index (χ1n) is 9.62. The molecule has 0 unspecified atom stereocenters. The number of hydrogen-bond acceptors (Lipinski definition) is 5. The van der Waals surface area contributed by atoms with Crippen molar-refractivity contribution in [3.8, 4) is 17.1 Å². The minimum atomic E-state index is -3.41. The molecule has 0 amide bonds. The molecule has 3 rings (SSSR count). The van der Waals surface area contributed by atoms with Crippen LogP contribution in [0.25, 0.3) is 22.3 Å². The summed E-state index contributed by atoms with van der Waals surface area (Å²) >= 11 is 9.62. The molecule has 1 heterocycles. The predicted octanol–water partition coefficient (Wildman–Crippen LogP) is 5.36. The molecule has 31 heavy (non-hydrogen) atoms. The van der Waals surface area contributed by atoms with E-state index in [1.807, 2.05) is 0 Å². The molecule has 0 atom stereocenters. The standard InChI is InChI=1S/C22H23BrClNO5S/c1-22(2,3)25-31(27,28)11-5-10-29-19-12-14(23)8-9-16(19)20-13-18(26)15-6-4-7-17(24)21(15)30-20/h4,6-9,12-13,25H,5,10-11H2,1-3H3. The van der Waals surface area contributed by atoms with Gasteiger partial charge in [-0.2, -0.15) is 0 Å². The van der Waals surface area contributed by atoms with Crippen LogP contribution in [0.15, 0.2) is 56.1 Å². The Morgan fingerprint density at radius 3 is 2.61 bits per heavy atom. The van der Waals surface area contributed by atoms with Crippen molar-refractivity contribution < 1.29 is 17.6 Å². The average molecular weight is 529 g/mol. The molecular weight excluding hydrogens is 506 g/mol. The van der Waals surface area contributed by atoms with Crippen LogP contribution in [0.4, 0.5) is 0 Å². The van der Waals surface area contributed by atoms with Crippen molar-refractivity contribution in [1.82, 2.24) is 4.72 Å². The third kappa shape index (κ3) is 6.32. The minimum absolute atomic E-state index is 0.0612. The molecule has 1 N–H and O–H groups in total. The van der Waals surface area contributed by atoms with Crippen molar-refractivity contribution in [3.05, 3.63) is 62.2 Å². The average Bonchev–Trinajstić information content (AvgIpc) is 2.64. The molecule has 0 bridgehead atoms. The van der Waals surface area contributed by atoms with E-state index in [2.05, 4.69) is 20.7 Å². The number of para-hydroxylation sites is 1. The van der Waals surface area contributed by atoms with Crippen molar-refractivity contribution in [2.75, 3.05) is 12.4 Å². The topological polar surface area (TPSA) is 85.6 Å². The highest BCUT2D eigenvalue weighted by atomic mass is 79.9. The first kappa shape index (κ1) is 23.8. The van der Waals surface area contributed by atoms with Gasteiger partial charge in [0.1, 0.15) is 11.5 Å². The van der Waals surface area contributed by atoms with E-state index in [0.717, 1.165) is 4.47 Å². The first-order chi connectivity index (χ1) is 14.5. The molecule has 6 nitrogen and oxygen atoms in total. The molecule has 166 valence electrons. The summed E-state index contributed by atoms with van der Waals surface area (Å²) in [6, 6.07) is 11.7. The van der Waals surface area contributed by atoms with Crippen LogP contribution in [0.1, 0.15) is 27.2 Å². The highest BCUT2D eigenvalue weighted by Gasteiger charge is 2.20. The third-order valence-corrected chi connectivity index (χ3v) is 6.73. The van der Waals surface area contributed by atoms with Gasteiger partial charge in [0, 0.05) is 16.1 Å². The number of sulfonamides is 1. The Bertz CT molecular complexity index is 1270. The maximum Gasteiger partial charge on any atom is 0.212 e. The van der Waals surface area contributed by atoms with Crippen LogP contribution in [-0.4, -0.2) is 26.3 Å². The highest BCUT2D eigenvalue weighted by Crippen LogP contribution is 2.34. The van der Waals surface area contributed by atoms with Gasteiger partial charge in [0.2, 0.25) is 10.0 Å². The molecule has 0 aliphatic heterocycles. The van der Waals surface area contributed by atoms with E-state index in [-0.39, 0.29) is 17.8 Å². The summed E-state index contributed by atoms with van der Waals surface area (Å²) in [5, 5.41) is 0.736. The molecular formula is C22H23BrClNO5S. The Kier molecular flexibility index (Phi) is 7.15. The van der Waals surface area contributed by atoms with Gasteiger partial charge in [0.25, 0.3) is 0 Å². The Morgan fingerprint density at radius 1 is 1.16 bits per heavy atom. The van der Waals surface area contributed by atoms with Crippen molar-refractivity contribution >= 4 is 48.5 Å². The predicted molar refractivity (Wildman–Crippen MR) is 127 cm³/mol. The monoisotopic (exact) mass is 527 g/mol. The van der Waals surface area contributed by atoms with Crippen molar-refractivity contribution in [1.29, 1.82) is 0 Å². The largest absolute Gasteiger partial charge is 0.493 e. The number of hydrogen-bond donors (Lipinski definition) is 1. The maximum absolute atomic E-state index is 12.5. The van der Waals surface area contributed by atoms with Crippen molar-refractivity contribution in [2.24, 2.45) is 0 Å². The van der Waals surface area contributed by atoms with Gasteiger partial charge < -0.3 is 9.15 Å². The Labute approximate surface area is 194 Å². The zero-order chi connectivity index (χ0) is 22.8. The van der Waals surface area contributed by atoms with Crippen molar-refractivity contribution in [2.45, 2.75) is 32.7 Å². The van der Waals surface area contributed by atoms with Gasteiger partial charge in [-0.25, -0.2) is 13.1 Å². The normalized spacial score (nSPS) is 12.3. The lowest BCUT2D eigenvalue weighted by Gasteiger charge is -2.20. The van der Waals surface area contributed by atoms with Crippen molar-refractivity contribution in [3.63, 3.8) is 0 Å². The van der Waals surface area contributed by atoms with E-state index in [9.17, 15) is 13.2 Å². The quantitative estimate of drug-likeness (QED) is 0.417. The Balaban J connectivity index is 1.83. The number of ether oxygens (including phenoxy) is 1. The van der Waals surface area contributed by atoms with E-state index >= 15 is 0 Å². The van der Waals surface area contributed by atoms with Crippen LogP contribution in [0.2, 0.25) is 5.02 Å². The molecule has 1 aromatic heterocycles. The van der Waals surface area contributed by atoms with Gasteiger partial charge in [0.15, 0.2) is 11.0 Å². The minimum Gasteiger partial charge on any atom is -0.493 e. The van der Waals surface area contributed by atoms with Gasteiger partial charge in [-0.05, 0) is 57.5 Å². The summed E-state index contributed by atoms with van der Waals surface area (Å²) in [6.07, 6.45) is 0.296. The molecule has 0 aliphatic rings.